The van der Waals surface area contributed by atoms with Crippen LogP contribution in [-0.4, -0.2) is 38.8 Å². The lowest BCUT2D eigenvalue weighted by molar-refractivity contribution is 0.0744. The summed E-state index contributed by atoms with van der Waals surface area (Å²) >= 11 is 1.32. The van der Waals surface area contributed by atoms with Gasteiger partial charge < -0.3 is 9.64 Å². The third-order valence-corrected chi connectivity index (χ3v) is 6.77. The zero-order chi connectivity index (χ0) is 25.2. The van der Waals surface area contributed by atoms with E-state index in [4.69, 9.17) is 4.74 Å². The molecule has 0 radical (unpaired) electrons. The molecule has 0 atom stereocenters. The molecular formula is C26H20N6O3S. The molecule has 0 fully saturated rings. The standard InChI is InChI=1S/C26H20N6O3S/c1-15-10-18(17-7-3-4-8-21(17)35-2)19(12-29-15)24(33)31-26-30-20-13-32(14-22(20)36-26)25(34)23-16(11-27)6-5-9-28-23/h3-10,12H,13-14H2,1-2H3,(H,30,31,33). The van der Waals surface area contributed by atoms with Crippen LogP contribution in [0.5, 0.6) is 5.75 Å². The molecule has 5 rings (SSSR count). The number of benzene rings is 1. The molecule has 9 nitrogen and oxygen atoms in total. The van der Waals surface area contributed by atoms with Gasteiger partial charge >= 0.3 is 0 Å². The predicted molar refractivity (Wildman–Crippen MR) is 134 cm³/mol. The van der Waals surface area contributed by atoms with Gasteiger partial charge in [0.15, 0.2) is 5.13 Å². The summed E-state index contributed by atoms with van der Waals surface area (Å²) in [6.45, 7) is 2.48. The number of pyridine rings is 2. The maximum Gasteiger partial charge on any atom is 0.274 e. The number of aryl methyl sites for hydroxylation is 1. The van der Waals surface area contributed by atoms with E-state index >= 15 is 0 Å². The Hall–Kier alpha value is -4.62. The van der Waals surface area contributed by atoms with E-state index in [9.17, 15) is 14.9 Å². The van der Waals surface area contributed by atoms with Crippen molar-refractivity contribution >= 4 is 28.3 Å². The molecule has 10 heteroatoms. The third kappa shape index (κ3) is 4.28. The van der Waals surface area contributed by atoms with E-state index in [2.05, 4.69) is 20.3 Å². The number of nitrogens with zero attached hydrogens (tertiary/aromatic N) is 5. The number of nitrogens with one attached hydrogen (secondary N) is 1. The molecule has 2 amide bonds. The van der Waals surface area contributed by atoms with E-state index in [1.165, 1.54) is 17.5 Å². The Bertz CT molecular complexity index is 1520. The van der Waals surface area contributed by atoms with Crippen LogP contribution in [0.15, 0.2) is 54.9 Å². The van der Waals surface area contributed by atoms with E-state index in [1.807, 2.05) is 43.3 Å². The topological polar surface area (TPSA) is 121 Å². The molecule has 1 N–H and O–H groups in total. The normalized spacial score (nSPS) is 12.1. The van der Waals surface area contributed by atoms with Gasteiger partial charge in [-0.2, -0.15) is 5.26 Å². The molecule has 0 spiro atoms. The van der Waals surface area contributed by atoms with Crippen LogP contribution < -0.4 is 10.1 Å². The van der Waals surface area contributed by atoms with E-state index in [0.717, 1.165) is 16.1 Å². The number of nitriles is 1. The van der Waals surface area contributed by atoms with E-state index < -0.39 is 0 Å². The number of rotatable bonds is 5. The first kappa shape index (κ1) is 23.1. The highest BCUT2D eigenvalue weighted by Gasteiger charge is 2.30. The largest absolute Gasteiger partial charge is 0.496 e. The SMILES string of the molecule is COc1ccccc1-c1cc(C)ncc1C(=O)Nc1nc2c(s1)CN(C(=O)c1ncccc1C#N)C2. The van der Waals surface area contributed by atoms with Gasteiger partial charge in [0, 0.05) is 29.2 Å². The van der Waals surface area contributed by atoms with Crippen molar-refractivity contribution in [2.45, 2.75) is 20.0 Å². The van der Waals surface area contributed by atoms with Crippen LogP contribution >= 0.6 is 11.3 Å². The second kappa shape index (κ2) is 9.56. The zero-order valence-corrected chi connectivity index (χ0v) is 20.3. The lowest BCUT2D eigenvalue weighted by Crippen LogP contribution is -2.27. The summed E-state index contributed by atoms with van der Waals surface area (Å²) < 4.78 is 5.49. The fraction of sp³-hybridized carbons (Fsp3) is 0.154. The van der Waals surface area contributed by atoms with Crippen molar-refractivity contribution in [3.05, 3.63) is 87.9 Å². The van der Waals surface area contributed by atoms with Gasteiger partial charge in [-0.15, -0.1) is 0 Å². The number of anilines is 1. The van der Waals surface area contributed by atoms with Crippen molar-refractivity contribution in [3.63, 3.8) is 0 Å². The molecule has 0 unspecified atom stereocenters. The number of ether oxygens (including phenoxy) is 1. The summed E-state index contributed by atoms with van der Waals surface area (Å²) in [5.41, 5.74) is 3.75. The zero-order valence-electron chi connectivity index (χ0n) is 19.5. The smallest absolute Gasteiger partial charge is 0.274 e. The molecule has 178 valence electrons. The summed E-state index contributed by atoms with van der Waals surface area (Å²) in [5.74, 6) is -0.00591. The Balaban J connectivity index is 1.35. The second-order valence-electron chi connectivity index (χ2n) is 8.09. The van der Waals surface area contributed by atoms with Crippen LogP contribution in [0.3, 0.4) is 0 Å². The van der Waals surface area contributed by atoms with Gasteiger partial charge in [0.1, 0.15) is 17.5 Å². The number of hydrogen-bond acceptors (Lipinski definition) is 8. The predicted octanol–water partition coefficient (Wildman–Crippen LogP) is 4.20. The molecule has 0 bridgehead atoms. The van der Waals surface area contributed by atoms with Crippen LogP contribution in [0.2, 0.25) is 0 Å². The number of thiazole rings is 1. The molecule has 4 heterocycles. The average Bonchev–Trinajstić information content (AvgIpc) is 3.47. The van der Waals surface area contributed by atoms with Gasteiger partial charge in [-0.25, -0.2) is 9.97 Å². The number of para-hydroxylation sites is 1. The van der Waals surface area contributed by atoms with Crippen molar-refractivity contribution in [3.8, 4) is 22.9 Å². The number of carbonyl (C=O) groups excluding carboxylic acids is 2. The van der Waals surface area contributed by atoms with Crippen molar-refractivity contribution in [2.24, 2.45) is 0 Å². The summed E-state index contributed by atoms with van der Waals surface area (Å²) in [6, 6.07) is 14.5. The number of carbonyl (C=O) groups is 2. The first-order valence-electron chi connectivity index (χ1n) is 11.0. The molecule has 36 heavy (non-hydrogen) atoms. The average molecular weight is 497 g/mol. The fourth-order valence-electron chi connectivity index (χ4n) is 4.05. The molecule has 1 aliphatic rings. The van der Waals surface area contributed by atoms with Gasteiger partial charge in [-0.1, -0.05) is 29.5 Å². The van der Waals surface area contributed by atoms with Crippen molar-refractivity contribution < 1.29 is 14.3 Å². The van der Waals surface area contributed by atoms with Gasteiger partial charge in [0.2, 0.25) is 0 Å². The first-order chi connectivity index (χ1) is 17.5. The molecular weight excluding hydrogens is 476 g/mol. The van der Waals surface area contributed by atoms with Gasteiger partial charge in [0.05, 0.1) is 41.9 Å². The van der Waals surface area contributed by atoms with Crippen molar-refractivity contribution in [1.82, 2.24) is 19.9 Å². The van der Waals surface area contributed by atoms with E-state index in [1.54, 1.807) is 30.3 Å². The highest BCUT2D eigenvalue weighted by Crippen LogP contribution is 2.35. The molecule has 0 saturated heterocycles. The van der Waals surface area contributed by atoms with E-state index in [-0.39, 0.29) is 29.6 Å². The molecule has 0 saturated carbocycles. The van der Waals surface area contributed by atoms with Crippen LogP contribution in [0.4, 0.5) is 5.13 Å². The summed E-state index contributed by atoms with van der Waals surface area (Å²) in [6.07, 6.45) is 3.04. The molecule has 1 aromatic carbocycles. The highest BCUT2D eigenvalue weighted by molar-refractivity contribution is 7.16. The van der Waals surface area contributed by atoms with Crippen LogP contribution in [0, 0.1) is 18.3 Å². The van der Waals surface area contributed by atoms with Crippen LogP contribution in [0.1, 0.15) is 42.7 Å². The highest BCUT2D eigenvalue weighted by atomic mass is 32.1. The number of amides is 2. The third-order valence-electron chi connectivity index (χ3n) is 5.77. The Morgan fingerprint density at radius 2 is 1.97 bits per heavy atom. The summed E-state index contributed by atoms with van der Waals surface area (Å²) in [7, 11) is 1.59. The van der Waals surface area contributed by atoms with Crippen LogP contribution in [0.25, 0.3) is 11.1 Å². The minimum atomic E-state index is -0.337. The number of aromatic nitrogens is 3. The number of fused-ring (bicyclic) bond motifs is 1. The number of methoxy groups -OCH3 is 1. The minimum absolute atomic E-state index is 0.124. The Kier molecular flexibility index (Phi) is 6.14. The van der Waals surface area contributed by atoms with Crippen molar-refractivity contribution in [2.75, 3.05) is 12.4 Å². The summed E-state index contributed by atoms with van der Waals surface area (Å²) in [4.78, 5) is 41.5. The molecule has 4 aromatic rings. The summed E-state index contributed by atoms with van der Waals surface area (Å²) in [5, 5.41) is 12.6. The van der Waals surface area contributed by atoms with E-state index in [0.29, 0.717) is 34.2 Å². The quantitative estimate of drug-likeness (QED) is 0.440. The lowest BCUT2D eigenvalue weighted by atomic mass is 9.99. The Morgan fingerprint density at radius 1 is 1.14 bits per heavy atom. The van der Waals surface area contributed by atoms with Crippen molar-refractivity contribution in [1.29, 1.82) is 5.26 Å². The van der Waals surface area contributed by atoms with Crippen LogP contribution in [-0.2, 0) is 13.1 Å². The van der Waals surface area contributed by atoms with Gasteiger partial charge in [0.25, 0.3) is 11.8 Å². The maximum atomic E-state index is 13.2. The lowest BCUT2D eigenvalue weighted by Gasteiger charge is -2.15. The number of hydrogen-bond donors (Lipinski definition) is 1. The van der Waals surface area contributed by atoms with Gasteiger partial charge in [-0.3, -0.25) is 19.9 Å². The van der Waals surface area contributed by atoms with Gasteiger partial charge in [-0.05, 0) is 31.2 Å². The minimum Gasteiger partial charge on any atom is -0.496 e. The Labute approximate surface area is 211 Å². The molecule has 1 aliphatic heterocycles. The Morgan fingerprint density at radius 3 is 2.75 bits per heavy atom. The molecule has 0 aliphatic carbocycles. The fourth-order valence-corrected chi connectivity index (χ4v) is 5.03. The monoisotopic (exact) mass is 496 g/mol. The first-order valence-corrected chi connectivity index (χ1v) is 11.8. The second-order valence-corrected chi connectivity index (χ2v) is 9.17. The maximum absolute atomic E-state index is 13.2. The molecule has 3 aromatic heterocycles.